The first-order chi connectivity index (χ1) is 9.61. The van der Waals surface area contributed by atoms with Crippen LogP contribution in [0.1, 0.15) is 41.8 Å². The Balaban J connectivity index is 2.44. The second-order valence-corrected chi connectivity index (χ2v) is 5.15. The maximum Gasteiger partial charge on any atom is 0.123 e. The number of hydrogen-bond acceptors (Lipinski definition) is 2. The highest BCUT2D eigenvalue weighted by Crippen LogP contribution is 2.24. The van der Waals surface area contributed by atoms with Crippen LogP contribution in [0.15, 0.2) is 36.5 Å². The second-order valence-electron chi connectivity index (χ2n) is 5.15. The summed E-state index contributed by atoms with van der Waals surface area (Å²) in [6, 6.07) is 9.05. The molecule has 1 N–H and O–H groups in total. The molecule has 0 fully saturated rings. The molecule has 1 heterocycles. The third-order valence-electron chi connectivity index (χ3n) is 3.32. The Hall–Kier alpha value is -1.74. The lowest BCUT2D eigenvalue weighted by atomic mass is 9.98. The minimum absolute atomic E-state index is 0.0643. The van der Waals surface area contributed by atoms with Gasteiger partial charge < -0.3 is 5.32 Å². The average molecular weight is 272 g/mol. The summed E-state index contributed by atoms with van der Waals surface area (Å²) < 4.78 is 13.7. The molecule has 2 nitrogen and oxygen atoms in total. The Labute approximate surface area is 120 Å². The van der Waals surface area contributed by atoms with Gasteiger partial charge in [-0.05, 0) is 61.7 Å². The van der Waals surface area contributed by atoms with Gasteiger partial charge in [-0.2, -0.15) is 0 Å². The van der Waals surface area contributed by atoms with Crippen molar-refractivity contribution in [1.29, 1.82) is 0 Å². The van der Waals surface area contributed by atoms with Gasteiger partial charge in [0.05, 0.1) is 11.7 Å². The standard InChI is InChI=1S/C17H21FN2/c1-4-7-19-17(16-13(3)6-5-8-20-16)14-9-12(2)10-15(18)11-14/h5-6,8-11,17,19H,4,7H2,1-3H3. The maximum atomic E-state index is 13.7. The molecule has 1 atom stereocenters. The van der Waals surface area contributed by atoms with Crippen LogP contribution in [0.2, 0.25) is 0 Å². The maximum absolute atomic E-state index is 13.7. The highest BCUT2D eigenvalue weighted by atomic mass is 19.1. The predicted octanol–water partition coefficient (Wildman–Crippen LogP) is 3.93. The van der Waals surface area contributed by atoms with Crippen molar-refractivity contribution in [3.8, 4) is 0 Å². The number of aryl methyl sites for hydroxylation is 2. The quantitative estimate of drug-likeness (QED) is 0.892. The number of rotatable bonds is 5. The molecule has 1 aromatic carbocycles. The van der Waals surface area contributed by atoms with E-state index in [-0.39, 0.29) is 11.9 Å². The first kappa shape index (κ1) is 14.7. The number of aromatic nitrogens is 1. The normalized spacial score (nSPS) is 12.4. The van der Waals surface area contributed by atoms with Crippen molar-refractivity contribution in [1.82, 2.24) is 10.3 Å². The molecular weight excluding hydrogens is 251 g/mol. The molecular formula is C17H21FN2. The Kier molecular flexibility index (Phi) is 4.85. The number of nitrogens with one attached hydrogen (secondary N) is 1. The molecule has 0 aliphatic heterocycles. The SMILES string of the molecule is CCCNC(c1cc(C)cc(F)c1)c1ncccc1C. The summed E-state index contributed by atoms with van der Waals surface area (Å²) in [7, 11) is 0. The van der Waals surface area contributed by atoms with Gasteiger partial charge in [0.1, 0.15) is 5.82 Å². The molecule has 2 aromatic rings. The summed E-state index contributed by atoms with van der Waals surface area (Å²) in [4.78, 5) is 4.48. The van der Waals surface area contributed by atoms with Crippen LogP contribution in [0.4, 0.5) is 4.39 Å². The average Bonchev–Trinajstić information content (AvgIpc) is 2.40. The fraction of sp³-hybridized carbons (Fsp3) is 0.353. The van der Waals surface area contributed by atoms with E-state index < -0.39 is 0 Å². The van der Waals surface area contributed by atoms with Gasteiger partial charge >= 0.3 is 0 Å². The van der Waals surface area contributed by atoms with Crippen LogP contribution in [0.25, 0.3) is 0 Å². The summed E-state index contributed by atoms with van der Waals surface area (Å²) in [5.74, 6) is -0.197. The number of benzene rings is 1. The third-order valence-corrected chi connectivity index (χ3v) is 3.32. The number of nitrogens with zero attached hydrogens (tertiary/aromatic N) is 1. The summed E-state index contributed by atoms with van der Waals surface area (Å²) in [5, 5.41) is 3.47. The molecule has 3 heteroatoms. The minimum Gasteiger partial charge on any atom is -0.305 e. The highest BCUT2D eigenvalue weighted by Gasteiger charge is 2.17. The topological polar surface area (TPSA) is 24.9 Å². The Morgan fingerprint density at radius 1 is 1.25 bits per heavy atom. The Morgan fingerprint density at radius 2 is 2.05 bits per heavy atom. The van der Waals surface area contributed by atoms with Crippen molar-refractivity contribution in [2.24, 2.45) is 0 Å². The predicted molar refractivity (Wildman–Crippen MR) is 80.2 cm³/mol. The van der Waals surface area contributed by atoms with E-state index in [4.69, 9.17) is 0 Å². The van der Waals surface area contributed by atoms with Crippen LogP contribution >= 0.6 is 0 Å². The molecule has 0 radical (unpaired) electrons. The lowest BCUT2D eigenvalue weighted by Gasteiger charge is -2.21. The third kappa shape index (κ3) is 3.42. The molecule has 0 amide bonds. The number of halogens is 1. The van der Waals surface area contributed by atoms with Gasteiger partial charge in [-0.1, -0.05) is 19.1 Å². The summed E-state index contributed by atoms with van der Waals surface area (Å²) in [5.41, 5.74) is 3.93. The molecule has 0 aliphatic rings. The number of hydrogen-bond donors (Lipinski definition) is 1. The van der Waals surface area contributed by atoms with E-state index in [1.807, 2.05) is 32.0 Å². The molecule has 0 aliphatic carbocycles. The smallest absolute Gasteiger partial charge is 0.123 e. The lowest BCUT2D eigenvalue weighted by Crippen LogP contribution is -2.25. The van der Waals surface area contributed by atoms with Crippen molar-refractivity contribution in [3.05, 3.63) is 64.7 Å². The zero-order valence-electron chi connectivity index (χ0n) is 12.3. The van der Waals surface area contributed by atoms with Crippen LogP contribution in [0.3, 0.4) is 0 Å². The molecule has 20 heavy (non-hydrogen) atoms. The molecule has 106 valence electrons. The van der Waals surface area contributed by atoms with Gasteiger partial charge in [-0.25, -0.2) is 4.39 Å². The van der Waals surface area contributed by atoms with Crippen molar-refractivity contribution < 1.29 is 4.39 Å². The lowest BCUT2D eigenvalue weighted by molar-refractivity contribution is 0.573. The zero-order chi connectivity index (χ0) is 14.5. The van der Waals surface area contributed by atoms with Gasteiger partial charge in [0.25, 0.3) is 0 Å². The van der Waals surface area contributed by atoms with Crippen molar-refractivity contribution >= 4 is 0 Å². The number of pyridine rings is 1. The molecule has 2 rings (SSSR count). The van der Waals surface area contributed by atoms with Gasteiger partial charge in [0.15, 0.2) is 0 Å². The molecule has 0 bridgehead atoms. The summed E-state index contributed by atoms with van der Waals surface area (Å²) in [6.45, 7) is 6.94. The molecule has 1 aromatic heterocycles. The van der Waals surface area contributed by atoms with Crippen molar-refractivity contribution in [2.45, 2.75) is 33.2 Å². The molecule has 0 saturated heterocycles. The summed E-state index contributed by atoms with van der Waals surface area (Å²) >= 11 is 0. The van der Waals surface area contributed by atoms with Crippen LogP contribution in [-0.4, -0.2) is 11.5 Å². The van der Waals surface area contributed by atoms with Crippen molar-refractivity contribution in [3.63, 3.8) is 0 Å². The minimum atomic E-state index is -0.197. The molecule has 0 saturated carbocycles. The van der Waals surface area contributed by atoms with E-state index in [9.17, 15) is 4.39 Å². The monoisotopic (exact) mass is 272 g/mol. The van der Waals surface area contributed by atoms with E-state index in [1.165, 1.54) is 0 Å². The largest absolute Gasteiger partial charge is 0.305 e. The van der Waals surface area contributed by atoms with Crippen LogP contribution in [0.5, 0.6) is 0 Å². The van der Waals surface area contributed by atoms with Crippen molar-refractivity contribution in [2.75, 3.05) is 6.54 Å². The van der Waals surface area contributed by atoms with E-state index >= 15 is 0 Å². The molecule has 0 spiro atoms. The van der Waals surface area contributed by atoms with Gasteiger partial charge in [0.2, 0.25) is 0 Å². The fourth-order valence-electron chi connectivity index (χ4n) is 2.39. The molecule has 1 unspecified atom stereocenters. The Bertz CT molecular complexity index is 561. The van der Waals surface area contributed by atoms with Crippen LogP contribution in [0, 0.1) is 19.7 Å². The van der Waals surface area contributed by atoms with Crippen LogP contribution in [-0.2, 0) is 0 Å². The fourth-order valence-corrected chi connectivity index (χ4v) is 2.39. The van der Waals surface area contributed by atoms with E-state index in [1.54, 1.807) is 18.3 Å². The van der Waals surface area contributed by atoms with E-state index in [0.29, 0.717) is 0 Å². The van der Waals surface area contributed by atoms with Gasteiger partial charge in [0, 0.05) is 6.20 Å². The van der Waals surface area contributed by atoms with E-state index in [2.05, 4.69) is 17.2 Å². The van der Waals surface area contributed by atoms with E-state index in [0.717, 1.165) is 35.3 Å². The first-order valence-corrected chi connectivity index (χ1v) is 7.03. The first-order valence-electron chi connectivity index (χ1n) is 7.03. The Morgan fingerprint density at radius 3 is 2.70 bits per heavy atom. The summed E-state index contributed by atoms with van der Waals surface area (Å²) in [6.07, 6.45) is 2.81. The van der Waals surface area contributed by atoms with Gasteiger partial charge in [-0.3, -0.25) is 4.98 Å². The highest BCUT2D eigenvalue weighted by molar-refractivity contribution is 5.34. The van der Waals surface area contributed by atoms with Gasteiger partial charge in [-0.15, -0.1) is 0 Å². The zero-order valence-corrected chi connectivity index (χ0v) is 12.3. The second kappa shape index (κ2) is 6.62. The van der Waals surface area contributed by atoms with Crippen LogP contribution < -0.4 is 5.32 Å².